The Kier molecular flexibility index (Phi) is 3.69. The van der Waals surface area contributed by atoms with Crippen molar-refractivity contribution in [3.05, 3.63) is 31.8 Å². The van der Waals surface area contributed by atoms with Gasteiger partial charge in [-0.05, 0) is 34.7 Å². The largest absolute Gasteiger partial charge is 0.450 e. The average molecular weight is 353 g/mol. The molecule has 1 saturated heterocycles. The van der Waals surface area contributed by atoms with Crippen LogP contribution in [0.5, 0.6) is 0 Å². The smallest absolute Gasteiger partial charge is 0.267 e. The van der Waals surface area contributed by atoms with Gasteiger partial charge in [0.05, 0.1) is 0 Å². The molecule has 0 aliphatic carbocycles. The summed E-state index contributed by atoms with van der Waals surface area (Å²) in [6.45, 7) is 1.84. The summed E-state index contributed by atoms with van der Waals surface area (Å²) < 4.78 is 16.8. The molecule has 1 aromatic rings. The number of hydrogen-bond acceptors (Lipinski definition) is 5. The molecule has 0 radical (unpaired) electrons. The Morgan fingerprint density at radius 2 is 2.18 bits per heavy atom. The van der Waals surface area contributed by atoms with E-state index in [-0.39, 0.29) is 18.1 Å². The fourth-order valence-electron chi connectivity index (χ4n) is 1.61. The van der Waals surface area contributed by atoms with E-state index in [4.69, 9.17) is 13.9 Å². The van der Waals surface area contributed by atoms with Crippen LogP contribution >= 0.6 is 22.6 Å². The lowest BCUT2D eigenvalue weighted by molar-refractivity contribution is -0.592. The maximum atomic E-state index is 11.0. The predicted molar refractivity (Wildman–Crippen MR) is 66.1 cm³/mol. The standard InChI is InChI=1S/C10H12INO5/c1-2-10(12(13)14)5-15-9(16-6-10)7-3-4-8(11)17-7/h3-4,9H,2,5-6H2,1H3. The lowest BCUT2D eigenvalue weighted by Gasteiger charge is -2.31. The summed E-state index contributed by atoms with van der Waals surface area (Å²) in [4.78, 5) is 10.7. The number of ether oxygens (including phenoxy) is 2. The first-order chi connectivity index (χ1) is 8.07. The molecule has 2 rings (SSSR count). The van der Waals surface area contributed by atoms with Crippen molar-refractivity contribution in [2.75, 3.05) is 13.2 Å². The van der Waals surface area contributed by atoms with E-state index in [9.17, 15) is 10.1 Å². The third-order valence-corrected chi connectivity index (χ3v) is 3.46. The van der Waals surface area contributed by atoms with Crippen LogP contribution in [0.2, 0.25) is 0 Å². The Bertz CT molecular complexity index is 411. The average Bonchev–Trinajstić information content (AvgIpc) is 2.76. The van der Waals surface area contributed by atoms with Gasteiger partial charge in [-0.3, -0.25) is 10.1 Å². The fourth-order valence-corrected chi connectivity index (χ4v) is 2.04. The molecular weight excluding hydrogens is 341 g/mol. The van der Waals surface area contributed by atoms with Crippen LogP contribution in [0, 0.1) is 13.9 Å². The van der Waals surface area contributed by atoms with Crippen LogP contribution in [0.4, 0.5) is 0 Å². The van der Waals surface area contributed by atoms with Gasteiger partial charge in [0.1, 0.15) is 13.2 Å². The van der Waals surface area contributed by atoms with Crippen LogP contribution in [0.3, 0.4) is 0 Å². The van der Waals surface area contributed by atoms with Gasteiger partial charge >= 0.3 is 0 Å². The van der Waals surface area contributed by atoms with Gasteiger partial charge in [-0.25, -0.2) is 0 Å². The van der Waals surface area contributed by atoms with E-state index in [1.165, 1.54) is 0 Å². The van der Waals surface area contributed by atoms with Crippen LogP contribution in [-0.4, -0.2) is 23.7 Å². The van der Waals surface area contributed by atoms with Gasteiger partial charge in [0.15, 0.2) is 9.53 Å². The zero-order chi connectivity index (χ0) is 12.5. The number of hydrogen-bond donors (Lipinski definition) is 0. The molecule has 1 fully saturated rings. The maximum Gasteiger partial charge on any atom is 0.267 e. The highest BCUT2D eigenvalue weighted by Crippen LogP contribution is 2.31. The van der Waals surface area contributed by atoms with Crippen molar-refractivity contribution in [3.8, 4) is 0 Å². The summed E-state index contributed by atoms with van der Waals surface area (Å²) >= 11 is 2.04. The molecule has 2 heterocycles. The summed E-state index contributed by atoms with van der Waals surface area (Å²) in [7, 11) is 0. The molecule has 0 bridgehead atoms. The van der Waals surface area contributed by atoms with Crippen LogP contribution in [-0.2, 0) is 9.47 Å². The summed E-state index contributed by atoms with van der Waals surface area (Å²) in [5.41, 5.74) is -1.13. The van der Waals surface area contributed by atoms with Crippen LogP contribution in [0.1, 0.15) is 25.4 Å². The minimum Gasteiger partial charge on any atom is -0.450 e. The molecule has 0 saturated carbocycles. The second kappa shape index (κ2) is 4.91. The maximum absolute atomic E-state index is 11.0. The molecule has 0 N–H and O–H groups in total. The van der Waals surface area contributed by atoms with E-state index in [2.05, 4.69) is 0 Å². The first kappa shape index (κ1) is 12.8. The summed E-state index contributed by atoms with van der Waals surface area (Å²) in [6.07, 6.45) is -0.263. The Morgan fingerprint density at radius 3 is 2.59 bits per heavy atom. The summed E-state index contributed by atoms with van der Waals surface area (Å²) in [5, 5.41) is 11.0. The zero-order valence-electron chi connectivity index (χ0n) is 9.22. The molecular formula is C10H12INO5. The minimum atomic E-state index is -1.13. The monoisotopic (exact) mass is 353 g/mol. The predicted octanol–water partition coefficient (Wildman–Crippen LogP) is 2.36. The third kappa shape index (κ3) is 2.45. The van der Waals surface area contributed by atoms with Gasteiger partial charge in [-0.1, -0.05) is 6.92 Å². The summed E-state index contributed by atoms with van der Waals surface area (Å²) in [5.74, 6) is 0.544. The molecule has 17 heavy (non-hydrogen) atoms. The van der Waals surface area contributed by atoms with E-state index in [0.29, 0.717) is 12.2 Å². The van der Waals surface area contributed by atoms with E-state index in [0.717, 1.165) is 3.77 Å². The van der Waals surface area contributed by atoms with Gasteiger partial charge < -0.3 is 13.9 Å². The van der Waals surface area contributed by atoms with Crippen LogP contribution < -0.4 is 0 Å². The molecule has 0 amide bonds. The van der Waals surface area contributed by atoms with Crippen molar-refractivity contribution in [1.29, 1.82) is 0 Å². The van der Waals surface area contributed by atoms with Gasteiger partial charge in [-0.15, -0.1) is 0 Å². The van der Waals surface area contributed by atoms with Gasteiger partial charge in [-0.2, -0.15) is 0 Å². The van der Waals surface area contributed by atoms with Crippen molar-refractivity contribution >= 4 is 22.6 Å². The highest BCUT2D eigenvalue weighted by Gasteiger charge is 2.47. The van der Waals surface area contributed by atoms with Gasteiger partial charge in [0.2, 0.25) is 6.29 Å². The number of rotatable bonds is 3. The molecule has 1 aliphatic heterocycles. The van der Waals surface area contributed by atoms with Crippen molar-refractivity contribution in [2.45, 2.75) is 25.2 Å². The van der Waals surface area contributed by atoms with Crippen LogP contribution in [0.25, 0.3) is 0 Å². The number of halogens is 1. The Labute approximate surface area is 112 Å². The van der Waals surface area contributed by atoms with E-state index >= 15 is 0 Å². The lowest BCUT2D eigenvalue weighted by atomic mass is 9.99. The summed E-state index contributed by atoms with van der Waals surface area (Å²) in [6, 6.07) is 3.54. The molecule has 94 valence electrons. The molecule has 0 unspecified atom stereocenters. The Balaban J connectivity index is 2.05. The van der Waals surface area contributed by atoms with Crippen molar-refractivity contribution in [2.24, 2.45) is 0 Å². The first-order valence-corrected chi connectivity index (χ1v) is 6.28. The molecule has 7 heteroatoms. The highest BCUT2D eigenvalue weighted by molar-refractivity contribution is 14.1. The molecule has 0 spiro atoms. The van der Waals surface area contributed by atoms with Gasteiger partial charge in [0.25, 0.3) is 5.54 Å². The molecule has 1 aromatic heterocycles. The topological polar surface area (TPSA) is 74.7 Å². The molecule has 0 atom stereocenters. The quantitative estimate of drug-likeness (QED) is 0.474. The van der Waals surface area contributed by atoms with E-state index < -0.39 is 11.8 Å². The number of nitro groups is 1. The number of furan rings is 1. The Hall–Kier alpha value is -0.670. The molecule has 0 aromatic carbocycles. The number of nitrogens with zero attached hydrogens (tertiary/aromatic N) is 1. The molecule has 6 nitrogen and oxygen atoms in total. The van der Waals surface area contributed by atoms with Crippen molar-refractivity contribution in [1.82, 2.24) is 0 Å². The van der Waals surface area contributed by atoms with E-state index in [1.807, 2.05) is 22.6 Å². The normalized spacial score (nSPS) is 29.2. The third-order valence-electron chi connectivity index (χ3n) is 2.88. The van der Waals surface area contributed by atoms with E-state index in [1.54, 1.807) is 19.1 Å². The second-order valence-corrected chi connectivity index (χ2v) is 4.99. The van der Waals surface area contributed by atoms with Crippen molar-refractivity contribution in [3.63, 3.8) is 0 Å². The van der Waals surface area contributed by atoms with Crippen LogP contribution in [0.15, 0.2) is 16.5 Å². The Morgan fingerprint density at radius 1 is 1.53 bits per heavy atom. The van der Waals surface area contributed by atoms with Crippen molar-refractivity contribution < 1.29 is 18.8 Å². The SMILES string of the molecule is CCC1([N+](=O)[O-])COC(c2ccc(I)o2)OC1. The highest BCUT2D eigenvalue weighted by atomic mass is 127. The zero-order valence-corrected chi connectivity index (χ0v) is 11.4. The second-order valence-electron chi connectivity index (χ2n) is 3.93. The molecule has 1 aliphatic rings. The fraction of sp³-hybridized carbons (Fsp3) is 0.600. The first-order valence-electron chi connectivity index (χ1n) is 5.20. The van der Waals surface area contributed by atoms with Gasteiger partial charge in [0, 0.05) is 11.3 Å². The lowest BCUT2D eigenvalue weighted by Crippen LogP contribution is -2.50. The minimum absolute atomic E-state index is 0.0401.